The molecule has 0 saturated carbocycles. The molecule has 0 atom stereocenters. The van der Waals surface area contributed by atoms with E-state index in [-0.39, 0.29) is 11.5 Å². The van der Waals surface area contributed by atoms with E-state index in [2.05, 4.69) is 15.1 Å². The Morgan fingerprint density at radius 3 is 2.89 bits per heavy atom. The fourth-order valence-corrected chi connectivity index (χ4v) is 2.31. The molecule has 0 bridgehead atoms. The standard InChI is InChI=1S/C11H12N4O3/c1-6-12-9(14-18-6)8-7-4-2-3-5-15(7)11(17)13-10(8)16/h2-5H2,1H3,(H,13,16,17). The van der Waals surface area contributed by atoms with Gasteiger partial charge in [0, 0.05) is 19.2 Å². The fraction of sp³-hybridized carbons (Fsp3) is 0.455. The van der Waals surface area contributed by atoms with Crippen molar-refractivity contribution in [2.24, 2.45) is 0 Å². The Bertz CT molecular complexity index is 710. The van der Waals surface area contributed by atoms with Crippen LogP contribution in [0.1, 0.15) is 24.4 Å². The lowest BCUT2D eigenvalue weighted by Gasteiger charge is -2.18. The van der Waals surface area contributed by atoms with Crippen LogP contribution in [0.2, 0.25) is 0 Å². The van der Waals surface area contributed by atoms with Crippen molar-refractivity contribution in [3.05, 3.63) is 32.4 Å². The van der Waals surface area contributed by atoms with Crippen LogP contribution < -0.4 is 11.2 Å². The zero-order valence-electron chi connectivity index (χ0n) is 9.89. The molecule has 7 nitrogen and oxygen atoms in total. The lowest BCUT2D eigenvalue weighted by Crippen LogP contribution is -2.36. The van der Waals surface area contributed by atoms with Crippen molar-refractivity contribution in [3.63, 3.8) is 0 Å². The highest BCUT2D eigenvalue weighted by Gasteiger charge is 2.22. The maximum atomic E-state index is 11.9. The van der Waals surface area contributed by atoms with Gasteiger partial charge in [-0.05, 0) is 19.3 Å². The molecule has 94 valence electrons. The maximum Gasteiger partial charge on any atom is 0.328 e. The second-order valence-corrected chi connectivity index (χ2v) is 4.33. The third-order valence-electron chi connectivity index (χ3n) is 3.10. The summed E-state index contributed by atoms with van der Waals surface area (Å²) in [5, 5.41) is 3.76. The monoisotopic (exact) mass is 248 g/mol. The van der Waals surface area contributed by atoms with E-state index in [0.717, 1.165) is 12.8 Å². The first-order valence-electron chi connectivity index (χ1n) is 5.83. The molecule has 0 aromatic carbocycles. The molecule has 1 aliphatic rings. The molecule has 2 aromatic heterocycles. The van der Waals surface area contributed by atoms with Crippen molar-refractivity contribution in [1.29, 1.82) is 0 Å². The van der Waals surface area contributed by atoms with E-state index in [4.69, 9.17) is 4.52 Å². The van der Waals surface area contributed by atoms with Gasteiger partial charge >= 0.3 is 5.69 Å². The molecule has 3 heterocycles. The highest BCUT2D eigenvalue weighted by molar-refractivity contribution is 5.56. The molecule has 0 unspecified atom stereocenters. The Morgan fingerprint density at radius 1 is 1.33 bits per heavy atom. The van der Waals surface area contributed by atoms with E-state index in [1.54, 1.807) is 11.5 Å². The number of nitrogens with zero attached hydrogens (tertiary/aromatic N) is 3. The number of hydrogen-bond acceptors (Lipinski definition) is 5. The summed E-state index contributed by atoms with van der Waals surface area (Å²) in [5.74, 6) is 0.643. The van der Waals surface area contributed by atoms with E-state index in [9.17, 15) is 9.59 Å². The van der Waals surface area contributed by atoms with Crippen LogP contribution >= 0.6 is 0 Å². The van der Waals surface area contributed by atoms with Crippen LogP contribution in [0.3, 0.4) is 0 Å². The van der Waals surface area contributed by atoms with Crippen LogP contribution in [0.15, 0.2) is 14.1 Å². The van der Waals surface area contributed by atoms with Gasteiger partial charge in [-0.2, -0.15) is 4.98 Å². The van der Waals surface area contributed by atoms with E-state index in [1.807, 2.05) is 0 Å². The predicted octanol–water partition coefficient (Wildman–Crippen LogP) is 0.231. The van der Waals surface area contributed by atoms with E-state index >= 15 is 0 Å². The number of aryl methyl sites for hydroxylation is 1. The quantitative estimate of drug-likeness (QED) is 0.779. The SMILES string of the molecule is Cc1nc(-c2c3n(c(=O)[nH]c2=O)CCCC3)no1. The Labute approximate surface area is 101 Å². The number of rotatable bonds is 1. The largest absolute Gasteiger partial charge is 0.339 e. The van der Waals surface area contributed by atoms with Crippen molar-refractivity contribution in [2.75, 3.05) is 0 Å². The molecule has 0 saturated heterocycles. The molecule has 0 spiro atoms. The smallest absolute Gasteiger partial charge is 0.328 e. The highest BCUT2D eigenvalue weighted by Crippen LogP contribution is 2.20. The lowest BCUT2D eigenvalue weighted by molar-refractivity contribution is 0.394. The number of aromatic amines is 1. The summed E-state index contributed by atoms with van der Waals surface area (Å²) in [7, 11) is 0. The fourth-order valence-electron chi connectivity index (χ4n) is 2.31. The first-order chi connectivity index (χ1) is 8.66. The van der Waals surface area contributed by atoms with E-state index in [0.29, 0.717) is 30.1 Å². The minimum atomic E-state index is -0.450. The maximum absolute atomic E-state index is 11.9. The minimum absolute atomic E-state index is 0.249. The van der Waals surface area contributed by atoms with Crippen molar-refractivity contribution >= 4 is 0 Å². The van der Waals surface area contributed by atoms with Crippen LogP contribution in [0, 0.1) is 6.92 Å². The van der Waals surface area contributed by atoms with Crippen LogP contribution in [0.25, 0.3) is 11.4 Å². The summed E-state index contributed by atoms with van der Waals surface area (Å²) < 4.78 is 6.48. The third-order valence-corrected chi connectivity index (χ3v) is 3.10. The molecular formula is C11H12N4O3. The van der Waals surface area contributed by atoms with Crippen LogP contribution in [-0.4, -0.2) is 19.7 Å². The van der Waals surface area contributed by atoms with Gasteiger partial charge in [0.05, 0.1) is 0 Å². The van der Waals surface area contributed by atoms with Crippen molar-refractivity contribution < 1.29 is 4.52 Å². The molecule has 3 rings (SSSR count). The van der Waals surface area contributed by atoms with Crippen molar-refractivity contribution in [2.45, 2.75) is 32.7 Å². The molecule has 0 aliphatic carbocycles. The molecule has 1 N–H and O–H groups in total. The summed E-state index contributed by atoms with van der Waals surface area (Å²) in [4.78, 5) is 30.0. The van der Waals surface area contributed by atoms with Gasteiger partial charge in [0.1, 0.15) is 5.56 Å². The Morgan fingerprint density at radius 2 is 2.17 bits per heavy atom. The van der Waals surface area contributed by atoms with Gasteiger partial charge in [-0.25, -0.2) is 4.79 Å². The van der Waals surface area contributed by atoms with Gasteiger partial charge in [0.15, 0.2) is 0 Å². The zero-order valence-corrected chi connectivity index (χ0v) is 9.89. The summed E-state index contributed by atoms with van der Waals surface area (Å²) in [6, 6.07) is 0. The topological polar surface area (TPSA) is 93.8 Å². The third kappa shape index (κ3) is 1.59. The average molecular weight is 248 g/mol. The number of hydrogen-bond donors (Lipinski definition) is 1. The van der Waals surface area contributed by atoms with Crippen molar-refractivity contribution in [3.8, 4) is 11.4 Å². The second kappa shape index (κ2) is 3.94. The van der Waals surface area contributed by atoms with Gasteiger partial charge in [-0.15, -0.1) is 0 Å². The minimum Gasteiger partial charge on any atom is -0.339 e. The van der Waals surface area contributed by atoms with Gasteiger partial charge in [0.2, 0.25) is 11.7 Å². The van der Waals surface area contributed by atoms with E-state index in [1.165, 1.54) is 0 Å². The van der Waals surface area contributed by atoms with Gasteiger partial charge in [-0.3, -0.25) is 14.3 Å². The predicted molar refractivity (Wildman–Crippen MR) is 62.3 cm³/mol. The summed E-state index contributed by atoms with van der Waals surface area (Å²) in [5.41, 5.74) is 0.245. The number of fused-ring (bicyclic) bond motifs is 1. The lowest BCUT2D eigenvalue weighted by atomic mass is 10.0. The number of aromatic nitrogens is 4. The summed E-state index contributed by atoms with van der Waals surface area (Å²) >= 11 is 0. The molecule has 0 fully saturated rings. The Hall–Kier alpha value is -2.18. The molecule has 1 aliphatic heterocycles. The summed E-state index contributed by atoms with van der Waals surface area (Å²) in [6.07, 6.45) is 2.57. The normalized spacial score (nSPS) is 14.5. The van der Waals surface area contributed by atoms with Gasteiger partial charge in [-0.1, -0.05) is 5.16 Å². The molecular weight excluding hydrogens is 236 g/mol. The number of H-pyrrole nitrogens is 1. The second-order valence-electron chi connectivity index (χ2n) is 4.33. The summed E-state index contributed by atoms with van der Waals surface area (Å²) in [6.45, 7) is 2.28. The molecule has 0 radical (unpaired) electrons. The highest BCUT2D eigenvalue weighted by atomic mass is 16.5. The molecule has 0 amide bonds. The molecule has 18 heavy (non-hydrogen) atoms. The van der Waals surface area contributed by atoms with Crippen molar-refractivity contribution in [1.82, 2.24) is 19.7 Å². The Kier molecular flexibility index (Phi) is 2.39. The van der Waals surface area contributed by atoms with Gasteiger partial charge in [0.25, 0.3) is 5.56 Å². The Balaban J connectivity index is 2.32. The first kappa shape index (κ1) is 10.9. The van der Waals surface area contributed by atoms with Crippen LogP contribution in [0.4, 0.5) is 0 Å². The number of nitrogens with one attached hydrogen (secondary N) is 1. The van der Waals surface area contributed by atoms with Gasteiger partial charge < -0.3 is 4.52 Å². The zero-order chi connectivity index (χ0) is 12.7. The van der Waals surface area contributed by atoms with E-state index < -0.39 is 5.56 Å². The molecule has 7 heteroatoms. The molecule has 2 aromatic rings. The van der Waals surface area contributed by atoms with Crippen LogP contribution in [-0.2, 0) is 13.0 Å². The average Bonchev–Trinajstić information content (AvgIpc) is 2.76. The first-order valence-corrected chi connectivity index (χ1v) is 5.83. The van der Waals surface area contributed by atoms with Crippen LogP contribution in [0.5, 0.6) is 0 Å².